The lowest BCUT2D eigenvalue weighted by atomic mass is 9.99. The third-order valence-corrected chi connectivity index (χ3v) is 6.42. The summed E-state index contributed by atoms with van der Waals surface area (Å²) in [4.78, 5) is 23.7. The van der Waals surface area contributed by atoms with Crippen LogP contribution in [0, 0.1) is 0 Å². The minimum absolute atomic E-state index is 0.00378. The molecule has 0 fully saturated rings. The molecular formula is C22H20N4OS. The van der Waals surface area contributed by atoms with Crippen LogP contribution in [-0.4, -0.2) is 20.4 Å². The quantitative estimate of drug-likeness (QED) is 0.567. The van der Waals surface area contributed by atoms with Crippen LogP contribution in [0.5, 0.6) is 0 Å². The van der Waals surface area contributed by atoms with E-state index in [1.54, 1.807) is 17.7 Å². The second kappa shape index (κ2) is 7.20. The van der Waals surface area contributed by atoms with Crippen molar-refractivity contribution in [3.8, 4) is 5.82 Å². The number of aryl methyl sites for hydroxylation is 2. The van der Waals surface area contributed by atoms with Gasteiger partial charge in [-0.05, 0) is 61.1 Å². The second-order valence-electron chi connectivity index (χ2n) is 7.08. The molecule has 0 spiro atoms. The molecule has 0 unspecified atom stereocenters. The number of rotatable bonds is 4. The van der Waals surface area contributed by atoms with Crippen LogP contribution in [0.15, 0.2) is 55.0 Å². The van der Waals surface area contributed by atoms with Gasteiger partial charge in [-0.3, -0.25) is 9.36 Å². The highest BCUT2D eigenvalue weighted by molar-refractivity contribution is 7.14. The predicted octanol–water partition coefficient (Wildman–Crippen LogP) is 4.29. The number of pyridine rings is 1. The third kappa shape index (κ3) is 3.20. The van der Waals surface area contributed by atoms with Gasteiger partial charge in [0.05, 0.1) is 15.9 Å². The average Bonchev–Trinajstić information content (AvgIpc) is 3.37. The lowest BCUT2D eigenvalue weighted by molar-refractivity contribution is 0.0955. The van der Waals surface area contributed by atoms with Gasteiger partial charge < -0.3 is 5.32 Å². The first-order valence-corrected chi connectivity index (χ1v) is 10.4. The van der Waals surface area contributed by atoms with Gasteiger partial charge in [0.15, 0.2) is 0 Å². The minimum Gasteiger partial charge on any atom is -0.347 e. The highest BCUT2D eigenvalue weighted by Crippen LogP contribution is 2.29. The molecule has 0 saturated carbocycles. The fourth-order valence-electron chi connectivity index (χ4n) is 3.68. The van der Waals surface area contributed by atoms with Gasteiger partial charge in [0.2, 0.25) is 0 Å². The molecular weight excluding hydrogens is 368 g/mol. The number of imidazole rings is 1. The first kappa shape index (κ1) is 17.1. The van der Waals surface area contributed by atoms with Crippen LogP contribution in [0.4, 0.5) is 0 Å². The molecule has 0 saturated heterocycles. The number of carbonyl (C=O) groups is 1. The van der Waals surface area contributed by atoms with E-state index in [1.807, 2.05) is 47.2 Å². The summed E-state index contributed by atoms with van der Waals surface area (Å²) in [5, 5.41) is 3.02. The summed E-state index contributed by atoms with van der Waals surface area (Å²) in [6.07, 6.45) is 8.28. The fraction of sp³-hybridized carbons (Fsp3) is 0.227. The molecule has 6 heteroatoms. The van der Waals surface area contributed by atoms with E-state index in [4.69, 9.17) is 0 Å². The number of para-hydroxylation sites is 2. The van der Waals surface area contributed by atoms with Crippen LogP contribution in [0.3, 0.4) is 0 Å². The minimum atomic E-state index is 0.00378. The summed E-state index contributed by atoms with van der Waals surface area (Å²) in [5.41, 5.74) is 4.31. The van der Waals surface area contributed by atoms with Gasteiger partial charge in [0.1, 0.15) is 12.1 Å². The van der Waals surface area contributed by atoms with Crippen molar-refractivity contribution >= 4 is 28.3 Å². The normalized spacial score (nSPS) is 13.4. The number of benzene rings is 1. The molecule has 0 aliphatic heterocycles. The lowest BCUT2D eigenvalue weighted by Gasteiger charge is -2.08. The molecule has 28 heavy (non-hydrogen) atoms. The van der Waals surface area contributed by atoms with E-state index in [-0.39, 0.29) is 5.91 Å². The van der Waals surface area contributed by atoms with Crippen LogP contribution < -0.4 is 5.32 Å². The number of fused-ring (bicyclic) bond motifs is 2. The molecule has 1 N–H and O–H groups in total. The van der Waals surface area contributed by atoms with Gasteiger partial charge in [0, 0.05) is 17.6 Å². The topological polar surface area (TPSA) is 59.8 Å². The van der Waals surface area contributed by atoms with Crippen molar-refractivity contribution in [2.75, 3.05) is 0 Å². The van der Waals surface area contributed by atoms with E-state index in [0.717, 1.165) is 40.1 Å². The van der Waals surface area contributed by atoms with Gasteiger partial charge in [-0.1, -0.05) is 18.2 Å². The van der Waals surface area contributed by atoms with Crippen molar-refractivity contribution in [2.45, 2.75) is 32.2 Å². The number of hydrogen-bond donors (Lipinski definition) is 1. The fourth-order valence-corrected chi connectivity index (χ4v) is 4.85. The number of hydrogen-bond acceptors (Lipinski definition) is 4. The van der Waals surface area contributed by atoms with Gasteiger partial charge in [-0.15, -0.1) is 11.3 Å². The predicted molar refractivity (Wildman–Crippen MR) is 111 cm³/mol. The SMILES string of the molecule is O=C(NCc1ccc(-n2cnc3ccccc32)nc1)c1cc2c(s1)CCCC2. The summed E-state index contributed by atoms with van der Waals surface area (Å²) >= 11 is 1.64. The Kier molecular flexibility index (Phi) is 4.41. The Hall–Kier alpha value is -2.99. The van der Waals surface area contributed by atoms with Crippen LogP contribution in [0.1, 0.15) is 38.5 Å². The summed E-state index contributed by atoms with van der Waals surface area (Å²) in [5.74, 6) is 0.818. The number of aromatic nitrogens is 3. The number of amides is 1. The Morgan fingerprint density at radius 2 is 2.00 bits per heavy atom. The van der Waals surface area contributed by atoms with Crippen LogP contribution in [0.25, 0.3) is 16.9 Å². The molecule has 5 nitrogen and oxygen atoms in total. The Bertz CT molecular complexity index is 1120. The van der Waals surface area contributed by atoms with Crippen LogP contribution in [0.2, 0.25) is 0 Å². The second-order valence-corrected chi connectivity index (χ2v) is 8.21. The van der Waals surface area contributed by atoms with E-state index < -0.39 is 0 Å². The van der Waals surface area contributed by atoms with Crippen molar-refractivity contribution in [2.24, 2.45) is 0 Å². The van der Waals surface area contributed by atoms with Crippen LogP contribution >= 0.6 is 11.3 Å². The van der Waals surface area contributed by atoms with Crippen molar-refractivity contribution in [3.05, 3.63) is 75.9 Å². The lowest BCUT2D eigenvalue weighted by Crippen LogP contribution is -2.21. The molecule has 0 radical (unpaired) electrons. The molecule has 3 aromatic heterocycles. The van der Waals surface area contributed by atoms with E-state index in [1.165, 1.54) is 23.3 Å². The van der Waals surface area contributed by atoms with Gasteiger partial charge >= 0.3 is 0 Å². The summed E-state index contributed by atoms with van der Waals surface area (Å²) in [7, 11) is 0. The molecule has 4 aromatic rings. The molecule has 1 aliphatic carbocycles. The first-order valence-electron chi connectivity index (χ1n) is 9.55. The largest absolute Gasteiger partial charge is 0.347 e. The van der Waals surface area contributed by atoms with Crippen molar-refractivity contribution in [1.29, 1.82) is 0 Å². The Labute approximate surface area is 167 Å². The van der Waals surface area contributed by atoms with Crippen LogP contribution in [-0.2, 0) is 19.4 Å². The highest BCUT2D eigenvalue weighted by Gasteiger charge is 2.17. The van der Waals surface area contributed by atoms with E-state index in [9.17, 15) is 4.79 Å². The van der Waals surface area contributed by atoms with E-state index in [2.05, 4.69) is 21.4 Å². The van der Waals surface area contributed by atoms with Crippen molar-refractivity contribution < 1.29 is 4.79 Å². The van der Waals surface area contributed by atoms with Crippen molar-refractivity contribution in [1.82, 2.24) is 19.9 Å². The molecule has 5 rings (SSSR count). The molecule has 1 amide bonds. The zero-order valence-electron chi connectivity index (χ0n) is 15.4. The van der Waals surface area contributed by atoms with Gasteiger partial charge in [-0.25, -0.2) is 9.97 Å². The molecule has 3 heterocycles. The molecule has 140 valence electrons. The zero-order chi connectivity index (χ0) is 18.9. The molecule has 1 aliphatic rings. The number of nitrogens with one attached hydrogen (secondary N) is 1. The molecule has 0 bridgehead atoms. The average molecular weight is 388 g/mol. The number of nitrogens with zero attached hydrogens (tertiary/aromatic N) is 3. The Balaban J connectivity index is 1.27. The highest BCUT2D eigenvalue weighted by atomic mass is 32.1. The number of thiophene rings is 1. The summed E-state index contributed by atoms with van der Waals surface area (Å²) < 4.78 is 1.97. The standard InChI is InChI=1S/C22H20N4OS/c27-22(20-11-16-5-1-4-8-19(16)28-20)24-13-15-9-10-21(23-12-15)26-14-25-17-6-2-3-7-18(17)26/h2-3,6-7,9-12,14H,1,4-5,8,13H2,(H,24,27). The van der Waals surface area contributed by atoms with Gasteiger partial charge in [0.25, 0.3) is 5.91 Å². The maximum Gasteiger partial charge on any atom is 0.261 e. The first-order chi connectivity index (χ1) is 13.8. The third-order valence-electron chi connectivity index (χ3n) is 5.18. The monoisotopic (exact) mass is 388 g/mol. The van der Waals surface area contributed by atoms with Gasteiger partial charge in [-0.2, -0.15) is 0 Å². The Morgan fingerprint density at radius 3 is 2.86 bits per heavy atom. The van der Waals surface area contributed by atoms with E-state index >= 15 is 0 Å². The summed E-state index contributed by atoms with van der Waals surface area (Å²) in [6, 6.07) is 14.0. The Morgan fingerprint density at radius 1 is 1.11 bits per heavy atom. The molecule has 0 atom stereocenters. The van der Waals surface area contributed by atoms with E-state index in [0.29, 0.717) is 6.54 Å². The molecule has 1 aromatic carbocycles. The number of carbonyl (C=O) groups excluding carboxylic acids is 1. The maximum atomic E-state index is 12.5. The smallest absolute Gasteiger partial charge is 0.261 e. The summed E-state index contributed by atoms with van der Waals surface area (Å²) in [6.45, 7) is 0.472. The maximum absolute atomic E-state index is 12.5. The van der Waals surface area contributed by atoms with Crippen molar-refractivity contribution in [3.63, 3.8) is 0 Å². The zero-order valence-corrected chi connectivity index (χ0v) is 16.2.